The van der Waals surface area contributed by atoms with Crippen molar-refractivity contribution in [2.45, 2.75) is 13.0 Å². The molecule has 12 nitrogen and oxygen atoms in total. The summed E-state index contributed by atoms with van der Waals surface area (Å²) < 4.78 is 26.1. The third-order valence-electron chi connectivity index (χ3n) is 5.82. The highest BCUT2D eigenvalue weighted by atomic mass is 35.5. The van der Waals surface area contributed by atoms with E-state index in [4.69, 9.17) is 28.9 Å². The number of carbonyl (C=O) groups is 1. The van der Waals surface area contributed by atoms with Crippen LogP contribution < -0.4 is 20.7 Å². The van der Waals surface area contributed by atoms with E-state index in [0.717, 1.165) is 0 Å². The molecule has 0 spiro atoms. The van der Waals surface area contributed by atoms with Gasteiger partial charge in [0.05, 0.1) is 28.0 Å². The van der Waals surface area contributed by atoms with Gasteiger partial charge in [-0.05, 0) is 19.1 Å². The van der Waals surface area contributed by atoms with Gasteiger partial charge in [-0.15, -0.1) is 15.9 Å². The Morgan fingerprint density at radius 3 is 2.91 bits per heavy atom. The van der Waals surface area contributed by atoms with Crippen LogP contribution in [0.25, 0.3) is 11.2 Å². The number of nitrogen functional groups attached to an aromatic ring is 1. The quantitative estimate of drug-likeness (QED) is 0.262. The van der Waals surface area contributed by atoms with Crippen molar-refractivity contribution < 1.29 is 13.9 Å². The first-order valence-corrected chi connectivity index (χ1v) is 13.1. The Morgan fingerprint density at radius 1 is 1.31 bits per heavy atom. The van der Waals surface area contributed by atoms with Crippen molar-refractivity contribution in [1.29, 1.82) is 0 Å². The molecule has 4 aromatic rings. The molecule has 6 N–H and O–H groups in total. The highest BCUT2D eigenvalue weighted by Crippen LogP contribution is 2.39. The summed E-state index contributed by atoms with van der Waals surface area (Å²) in [6.07, 6.45) is 4.71. The number of hydrogen-bond acceptors (Lipinski definition) is 9. The zero-order valence-electron chi connectivity index (χ0n) is 18.5. The first kappa shape index (κ1) is 23.9. The topological polar surface area (TPSA) is 158 Å². The fraction of sp³-hybridized carbons (Fsp3) is 0.300. The number of fused-ring (bicyclic) bond motifs is 2. The van der Waals surface area contributed by atoms with Crippen LogP contribution in [0, 0.1) is 0 Å². The Labute approximate surface area is 211 Å². The Kier molecular flexibility index (Phi) is 6.15. The number of aromatic nitrogens is 5. The predicted octanol–water partition coefficient (Wildman–Crippen LogP) is 2.83. The van der Waals surface area contributed by atoms with Gasteiger partial charge < -0.3 is 16.0 Å². The average molecular weight is 540 g/mol. The Morgan fingerprint density at radius 2 is 2.11 bits per heavy atom. The number of halogens is 2. The van der Waals surface area contributed by atoms with Crippen LogP contribution >= 0.6 is 34.0 Å². The van der Waals surface area contributed by atoms with Gasteiger partial charge in [-0.25, -0.2) is 18.7 Å². The maximum Gasteiger partial charge on any atom is 0.259 e. The molecule has 186 valence electrons. The van der Waals surface area contributed by atoms with E-state index >= 15 is 0 Å². The number of hydrogen-bond donors (Lipinski definition) is 5. The molecule has 1 amide bonds. The molecular weight excluding hydrogens is 517 g/mol. The van der Waals surface area contributed by atoms with Crippen molar-refractivity contribution in [3.63, 3.8) is 0 Å². The van der Waals surface area contributed by atoms with E-state index in [1.807, 2.05) is 11.8 Å². The second-order valence-electron chi connectivity index (χ2n) is 8.12. The smallest absolute Gasteiger partial charge is 0.259 e. The van der Waals surface area contributed by atoms with Crippen LogP contribution in [0.1, 0.15) is 28.9 Å². The molecule has 1 atom stereocenters. The zero-order valence-corrected chi connectivity index (χ0v) is 20.8. The van der Waals surface area contributed by atoms with E-state index < -0.39 is 22.7 Å². The summed E-state index contributed by atoms with van der Waals surface area (Å²) >= 11 is 12.9. The number of nitrogens with one attached hydrogen (secondary N) is 2. The molecule has 35 heavy (non-hydrogen) atoms. The summed E-state index contributed by atoms with van der Waals surface area (Å²) in [6.45, 7) is 2.94. The third kappa shape index (κ3) is 4.35. The summed E-state index contributed by atoms with van der Waals surface area (Å²) in [6, 6.07) is 2.88. The maximum atomic E-state index is 13.3. The summed E-state index contributed by atoms with van der Waals surface area (Å²) in [5, 5.41) is 12.3. The number of carbonyl (C=O) groups excluding carboxylic acids is 1. The van der Waals surface area contributed by atoms with Gasteiger partial charge in [-0.2, -0.15) is 5.10 Å². The number of amides is 1. The molecule has 1 unspecified atom stereocenters. The minimum absolute atomic E-state index is 0.0600. The lowest BCUT2D eigenvalue weighted by Crippen LogP contribution is -2.34. The molecular formula is C20H23Cl2N9O3S. The molecule has 0 radical (unpaired) electrons. The van der Waals surface area contributed by atoms with Crippen molar-refractivity contribution in [3.8, 4) is 0 Å². The number of nitrogens with two attached hydrogens (primary N) is 1. The van der Waals surface area contributed by atoms with Gasteiger partial charge in [0.1, 0.15) is 16.9 Å². The van der Waals surface area contributed by atoms with Crippen LogP contribution in [-0.4, -0.2) is 64.6 Å². The van der Waals surface area contributed by atoms with Gasteiger partial charge in [0.25, 0.3) is 5.91 Å². The number of rotatable bonds is 4. The Hall–Kier alpha value is -2.81. The van der Waals surface area contributed by atoms with Crippen molar-refractivity contribution in [2.24, 2.45) is 0 Å². The number of nitrogens with zero attached hydrogens (tertiary/aromatic N) is 6. The molecule has 0 aromatic carbocycles. The van der Waals surface area contributed by atoms with E-state index in [2.05, 4.69) is 25.2 Å². The lowest BCUT2D eigenvalue weighted by molar-refractivity contribution is 0.0942. The highest BCUT2D eigenvalue weighted by Gasteiger charge is 2.28. The summed E-state index contributed by atoms with van der Waals surface area (Å²) in [5.74, 6) is 0.367. The molecule has 5 rings (SSSR count). The highest BCUT2D eigenvalue weighted by molar-refractivity contribution is 8.22. The number of pyridine rings is 1. The van der Waals surface area contributed by atoms with Gasteiger partial charge in [-0.1, -0.05) is 23.2 Å². The standard InChI is InChI=1S/C20H23Cl2N9O3S/c1-11(27-19(32)15-17(23)28-30-5-2-3-24-18(15)30)12-9-13(21)16-14(22)10-25-31(16)20(12)29-6-4-26-35(33,34)8-7-29/h2-3,5,9-11,26,33-34H,4,6-8H2,1H3,(H2,23,28)(H,27,32). The van der Waals surface area contributed by atoms with Gasteiger partial charge in [0.15, 0.2) is 11.5 Å². The van der Waals surface area contributed by atoms with Crippen molar-refractivity contribution in [3.05, 3.63) is 51.9 Å². The molecule has 15 heteroatoms. The molecule has 1 aliphatic heterocycles. The third-order valence-corrected chi connectivity index (χ3v) is 7.80. The van der Waals surface area contributed by atoms with E-state index in [1.54, 1.807) is 29.0 Å². The molecule has 4 aromatic heterocycles. The Balaban J connectivity index is 1.55. The molecule has 0 saturated carbocycles. The fourth-order valence-electron chi connectivity index (χ4n) is 4.18. The summed E-state index contributed by atoms with van der Waals surface area (Å²) in [4.78, 5) is 19.4. The van der Waals surface area contributed by atoms with E-state index in [-0.39, 0.29) is 17.1 Å². The van der Waals surface area contributed by atoms with Crippen molar-refractivity contribution >= 4 is 62.7 Å². The van der Waals surface area contributed by atoms with Gasteiger partial charge >= 0.3 is 0 Å². The molecule has 1 fully saturated rings. The van der Waals surface area contributed by atoms with E-state index in [0.29, 0.717) is 52.2 Å². The van der Waals surface area contributed by atoms with E-state index in [9.17, 15) is 13.9 Å². The first-order chi connectivity index (χ1) is 16.7. The number of anilines is 2. The van der Waals surface area contributed by atoms with Crippen LogP contribution in [-0.2, 0) is 0 Å². The molecule has 0 aliphatic carbocycles. The molecule has 1 aliphatic rings. The zero-order chi connectivity index (χ0) is 24.9. The predicted molar refractivity (Wildman–Crippen MR) is 136 cm³/mol. The van der Waals surface area contributed by atoms with Gasteiger partial charge in [-0.3, -0.25) is 13.9 Å². The van der Waals surface area contributed by atoms with Crippen molar-refractivity contribution in [2.75, 3.05) is 36.0 Å². The van der Waals surface area contributed by atoms with Crippen LogP contribution in [0.2, 0.25) is 10.0 Å². The monoisotopic (exact) mass is 539 g/mol. The summed E-state index contributed by atoms with van der Waals surface area (Å²) in [5.41, 5.74) is 7.71. The van der Waals surface area contributed by atoms with Crippen LogP contribution in [0.4, 0.5) is 11.6 Å². The largest absolute Gasteiger partial charge is 0.381 e. The minimum atomic E-state index is -2.90. The van der Waals surface area contributed by atoms with Crippen LogP contribution in [0.15, 0.2) is 30.7 Å². The van der Waals surface area contributed by atoms with E-state index in [1.165, 1.54) is 10.7 Å². The second-order valence-corrected chi connectivity index (χ2v) is 11.0. The lowest BCUT2D eigenvalue weighted by atomic mass is 10.1. The fourth-order valence-corrected chi connectivity index (χ4v) is 5.79. The van der Waals surface area contributed by atoms with Crippen molar-refractivity contribution in [1.82, 2.24) is 34.3 Å². The van der Waals surface area contributed by atoms with Crippen LogP contribution in [0.5, 0.6) is 0 Å². The Bertz CT molecular complexity index is 1440. The second kappa shape index (κ2) is 9.00. The average Bonchev–Trinajstić information content (AvgIpc) is 3.29. The lowest BCUT2D eigenvalue weighted by Gasteiger charge is -2.31. The molecule has 5 heterocycles. The molecule has 0 bridgehead atoms. The van der Waals surface area contributed by atoms with Gasteiger partial charge in [0, 0.05) is 37.6 Å². The van der Waals surface area contributed by atoms with Crippen LogP contribution in [0.3, 0.4) is 0 Å². The first-order valence-electron chi connectivity index (χ1n) is 10.7. The minimum Gasteiger partial charge on any atom is -0.381 e. The van der Waals surface area contributed by atoms with Gasteiger partial charge in [0.2, 0.25) is 0 Å². The normalized spacial score (nSPS) is 17.9. The SMILES string of the molecule is CC(NC(=O)c1c(N)nn2cccnc12)c1cc(Cl)c2c(Cl)cnn2c1N1CCNS(O)(O)CC1. The summed E-state index contributed by atoms with van der Waals surface area (Å²) in [7, 11) is -2.90. The molecule has 1 saturated heterocycles. The maximum absolute atomic E-state index is 13.3.